The van der Waals surface area contributed by atoms with Crippen molar-refractivity contribution in [3.63, 3.8) is 0 Å². The number of halogens is 1. The number of amides is 1. The topological polar surface area (TPSA) is 110 Å². The fourth-order valence-corrected chi connectivity index (χ4v) is 3.67. The Morgan fingerprint density at radius 1 is 1.43 bits per heavy atom. The lowest BCUT2D eigenvalue weighted by Gasteiger charge is -2.26. The van der Waals surface area contributed by atoms with Gasteiger partial charge in [0.15, 0.2) is 0 Å². The van der Waals surface area contributed by atoms with Gasteiger partial charge >= 0.3 is 6.01 Å². The van der Waals surface area contributed by atoms with Crippen molar-refractivity contribution in [1.82, 2.24) is 20.1 Å². The predicted octanol–water partition coefficient (Wildman–Crippen LogP) is 2.37. The van der Waals surface area contributed by atoms with Crippen LogP contribution in [0.5, 0.6) is 0 Å². The number of aromatic nitrogens is 3. The minimum absolute atomic E-state index is 0.201. The maximum Gasteiger partial charge on any atom is 0.302 e. The van der Waals surface area contributed by atoms with Crippen LogP contribution >= 0.6 is 11.6 Å². The summed E-state index contributed by atoms with van der Waals surface area (Å²) >= 11 is 6.33. The third-order valence-electron chi connectivity index (χ3n) is 4.69. The summed E-state index contributed by atoms with van der Waals surface area (Å²) in [4.78, 5) is 26.0. The first-order chi connectivity index (χ1) is 13.5. The van der Waals surface area contributed by atoms with Crippen molar-refractivity contribution < 1.29 is 9.21 Å². The molecule has 2 aromatic heterocycles. The molecule has 0 aromatic carbocycles. The lowest BCUT2D eigenvalue weighted by Crippen LogP contribution is -2.39. The van der Waals surface area contributed by atoms with Crippen molar-refractivity contribution in [2.75, 3.05) is 12.4 Å². The summed E-state index contributed by atoms with van der Waals surface area (Å²) in [6.07, 6.45) is 7.40. The van der Waals surface area contributed by atoms with E-state index in [1.54, 1.807) is 31.9 Å². The molecule has 0 saturated carbocycles. The molecule has 0 fully saturated rings. The van der Waals surface area contributed by atoms with Gasteiger partial charge in [-0.3, -0.25) is 14.8 Å². The molecule has 0 radical (unpaired) electrons. The monoisotopic (exact) mass is 401 g/mol. The molecule has 10 heteroatoms. The fourth-order valence-electron chi connectivity index (χ4n) is 3.38. The van der Waals surface area contributed by atoms with Crippen LogP contribution in [0.3, 0.4) is 0 Å². The Bertz CT molecular complexity index is 1020. The number of hydrogen-bond acceptors (Lipinski definition) is 7. The standard InChI is InChI=1S/C18H20ClN7O2/c1-9-13(16(27)20-2)15(14-10(19)8-26(3)25-14)23-17(21-9)24-18-22-11-6-4-5-7-12(11)28-18/h4,6,8,13,15H,5,7H2,1-3H3,(H,20,27)(H,22,23,24). The van der Waals surface area contributed by atoms with E-state index in [0.717, 1.165) is 24.3 Å². The predicted molar refractivity (Wildman–Crippen MR) is 107 cm³/mol. The molecule has 1 amide bonds. The second kappa shape index (κ2) is 7.23. The normalized spacial score (nSPS) is 21.0. The summed E-state index contributed by atoms with van der Waals surface area (Å²) in [6, 6.07) is -0.297. The van der Waals surface area contributed by atoms with Gasteiger partial charge < -0.3 is 9.73 Å². The molecule has 4 rings (SSSR count). The van der Waals surface area contributed by atoms with E-state index in [9.17, 15) is 4.79 Å². The number of carbonyl (C=O) groups excluding carboxylic acids is 1. The first kappa shape index (κ1) is 18.4. The van der Waals surface area contributed by atoms with Crippen molar-refractivity contribution >= 4 is 41.3 Å². The Kier molecular flexibility index (Phi) is 4.76. The SMILES string of the molecule is CNC(=O)C1C(C)=NC(Nc2nc3c(o2)CCC=C3)=NC1c1nn(C)cc1Cl. The van der Waals surface area contributed by atoms with Crippen molar-refractivity contribution in [3.8, 4) is 0 Å². The Morgan fingerprint density at radius 3 is 2.93 bits per heavy atom. The molecule has 1 aliphatic heterocycles. The van der Waals surface area contributed by atoms with Crippen LogP contribution < -0.4 is 10.6 Å². The van der Waals surface area contributed by atoms with Gasteiger partial charge in [-0.2, -0.15) is 10.1 Å². The Balaban J connectivity index is 1.69. The molecule has 0 saturated heterocycles. The van der Waals surface area contributed by atoms with E-state index in [1.807, 2.05) is 6.08 Å². The lowest BCUT2D eigenvalue weighted by atomic mass is 9.91. The van der Waals surface area contributed by atoms with Crippen molar-refractivity contribution in [2.45, 2.75) is 25.8 Å². The minimum atomic E-state index is -0.613. The van der Waals surface area contributed by atoms with Gasteiger partial charge in [0, 0.05) is 32.4 Å². The highest BCUT2D eigenvalue weighted by atomic mass is 35.5. The number of allylic oxidation sites excluding steroid dienone is 1. The number of anilines is 1. The maximum atomic E-state index is 12.5. The zero-order chi connectivity index (χ0) is 19.8. The molecule has 2 aromatic rings. The van der Waals surface area contributed by atoms with Gasteiger partial charge in [0.05, 0.1) is 5.02 Å². The summed E-state index contributed by atoms with van der Waals surface area (Å²) in [5.41, 5.74) is 1.92. The van der Waals surface area contributed by atoms with E-state index in [0.29, 0.717) is 28.4 Å². The van der Waals surface area contributed by atoms with Gasteiger partial charge in [-0.25, -0.2) is 9.98 Å². The molecular formula is C18H20ClN7O2. The van der Waals surface area contributed by atoms with Crippen LogP contribution in [0.4, 0.5) is 6.01 Å². The molecule has 9 nitrogen and oxygen atoms in total. The molecule has 28 heavy (non-hydrogen) atoms. The first-order valence-electron chi connectivity index (χ1n) is 8.93. The quantitative estimate of drug-likeness (QED) is 0.820. The number of hydrogen-bond donors (Lipinski definition) is 2. The van der Waals surface area contributed by atoms with Gasteiger partial charge in [0.25, 0.3) is 0 Å². The summed E-state index contributed by atoms with van der Waals surface area (Å²) in [6.45, 7) is 1.78. The number of fused-ring (bicyclic) bond motifs is 1. The lowest BCUT2D eigenvalue weighted by molar-refractivity contribution is -0.123. The number of carbonyl (C=O) groups is 1. The second-order valence-electron chi connectivity index (χ2n) is 6.67. The highest BCUT2D eigenvalue weighted by Gasteiger charge is 2.37. The molecule has 146 valence electrons. The molecular weight excluding hydrogens is 382 g/mol. The number of nitrogens with one attached hydrogen (secondary N) is 2. The van der Waals surface area contributed by atoms with Crippen LogP contribution in [0.2, 0.25) is 5.02 Å². The highest BCUT2D eigenvalue weighted by Crippen LogP contribution is 2.34. The highest BCUT2D eigenvalue weighted by molar-refractivity contribution is 6.31. The first-order valence-corrected chi connectivity index (χ1v) is 9.31. The van der Waals surface area contributed by atoms with Crippen LogP contribution in [0, 0.1) is 5.92 Å². The van der Waals surface area contributed by atoms with Crippen LogP contribution in [-0.2, 0) is 18.3 Å². The smallest absolute Gasteiger partial charge is 0.302 e. The summed E-state index contributed by atoms with van der Waals surface area (Å²) in [7, 11) is 3.34. The number of oxazole rings is 1. The van der Waals surface area contributed by atoms with Gasteiger partial charge in [-0.15, -0.1) is 0 Å². The van der Waals surface area contributed by atoms with Gasteiger partial charge in [0.1, 0.15) is 29.1 Å². The van der Waals surface area contributed by atoms with Gasteiger partial charge in [-0.05, 0) is 19.4 Å². The van der Waals surface area contributed by atoms with E-state index >= 15 is 0 Å². The average molecular weight is 402 g/mol. The van der Waals surface area contributed by atoms with E-state index < -0.39 is 12.0 Å². The number of aliphatic imine (C=N–C) groups is 2. The molecule has 3 heterocycles. The summed E-state index contributed by atoms with van der Waals surface area (Å²) < 4.78 is 7.35. The largest absolute Gasteiger partial charge is 0.428 e. The summed E-state index contributed by atoms with van der Waals surface area (Å²) in [5, 5.41) is 10.5. The zero-order valence-corrected chi connectivity index (χ0v) is 16.5. The van der Waals surface area contributed by atoms with Crippen LogP contribution in [0.1, 0.15) is 36.5 Å². The molecule has 2 atom stereocenters. The Morgan fingerprint density at radius 2 is 2.25 bits per heavy atom. The average Bonchev–Trinajstić information content (AvgIpc) is 3.22. The van der Waals surface area contributed by atoms with Crippen molar-refractivity contribution in [3.05, 3.63) is 34.4 Å². The number of aryl methyl sites for hydroxylation is 2. The van der Waals surface area contributed by atoms with Gasteiger partial charge in [0.2, 0.25) is 11.9 Å². The third kappa shape index (κ3) is 3.33. The molecule has 2 aliphatic rings. The van der Waals surface area contributed by atoms with E-state index in [2.05, 4.69) is 36.8 Å². The number of guanidine groups is 1. The number of rotatable bonds is 3. The van der Waals surface area contributed by atoms with Crippen LogP contribution in [0.25, 0.3) is 6.08 Å². The third-order valence-corrected chi connectivity index (χ3v) is 4.98. The van der Waals surface area contributed by atoms with E-state index in [1.165, 1.54) is 0 Å². The van der Waals surface area contributed by atoms with Gasteiger partial charge in [-0.1, -0.05) is 17.7 Å². The maximum absolute atomic E-state index is 12.5. The molecule has 1 aliphatic carbocycles. The van der Waals surface area contributed by atoms with Crippen molar-refractivity contribution in [2.24, 2.45) is 23.0 Å². The molecule has 0 spiro atoms. The van der Waals surface area contributed by atoms with Crippen molar-refractivity contribution in [1.29, 1.82) is 0 Å². The zero-order valence-electron chi connectivity index (χ0n) is 15.7. The minimum Gasteiger partial charge on any atom is -0.428 e. The fraction of sp³-hybridized carbons (Fsp3) is 0.389. The molecule has 2 unspecified atom stereocenters. The second-order valence-corrected chi connectivity index (χ2v) is 7.08. The Hall–Kier alpha value is -2.94. The summed E-state index contributed by atoms with van der Waals surface area (Å²) in [5.74, 6) is 0.317. The van der Waals surface area contributed by atoms with Crippen LogP contribution in [-0.4, -0.2) is 39.4 Å². The molecule has 2 N–H and O–H groups in total. The Labute approximate surface area is 166 Å². The van der Waals surface area contributed by atoms with E-state index in [-0.39, 0.29) is 5.91 Å². The molecule has 0 bridgehead atoms. The van der Waals surface area contributed by atoms with E-state index in [4.69, 9.17) is 16.0 Å². The number of nitrogens with zero attached hydrogens (tertiary/aromatic N) is 5. The van der Waals surface area contributed by atoms with Crippen LogP contribution in [0.15, 0.2) is 26.7 Å².